The van der Waals surface area contributed by atoms with Gasteiger partial charge < -0.3 is 10.4 Å². The van der Waals surface area contributed by atoms with Gasteiger partial charge in [-0.3, -0.25) is 9.78 Å². The highest BCUT2D eigenvalue weighted by molar-refractivity contribution is 5.94. The van der Waals surface area contributed by atoms with Crippen molar-refractivity contribution in [2.45, 2.75) is 38.1 Å². The van der Waals surface area contributed by atoms with Crippen LogP contribution in [-0.2, 0) is 0 Å². The molecule has 4 nitrogen and oxygen atoms in total. The minimum Gasteiger partial charge on any atom is -0.395 e. The van der Waals surface area contributed by atoms with E-state index in [2.05, 4.69) is 29.1 Å². The maximum Gasteiger partial charge on any atom is 0.253 e. The van der Waals surface area contributed by atoms with Crippen molar-refractivity contribution in [3.63, 3.8) is 0 Å². The highest BCUT2D eigenvalue weighted by atomic mass is 16.2. The van der Waals surface area contributed by atoms with E-state index in [-0.39, 0.29) is 18.1 Å². The summed E-state index contributed by atoms with van der Waals surface area (Å²) in [6.45, 7) is 2.10. The monoisotopic (exact) mass is 258 g/mol. The van der Waals surface area contributed by atoms with E-state index in [4.69, 9.17) is 5.11 Å². The zero-order valence-corrected chi connectivity index (χ0v) is 11.1. The van der Waals surface area contributed by atoms with Crippen molar-refractivity contribution in [1.29, 1.82) is 0 Å². The van der Waals surface area contributed by atoms with Crippen molar-refractivity contribution in [2.24, 2.45) is 0 Å². The van der Waals surface area contributed by atoms with Crippen LogP contribution in [-0.4, -0.2) is 28.1 Å². The maximum atomic E-state index is 12.1. The van der Waals surface area contributed by atoms with Gasteiger partial charge in [-0.25, -0.2) is 0 Å². The number of pyridine rings is 1. The van der Waals surface area contributed by atoms with E-state index in [1.165, 1.54) is 6.42 Å². The first-order valence-corrected chi connectivity index (χ1v) is 6.50. The molecule has 1 amide bonds. The first-order chi connectivity index (χ1) is 9.13. The molecule has 2 rings (SSSR count). The van der Waals surface area contributed by atoms with Crippen LogP contribution in [0.15, 0.2) is 18.5 Å². The van der Waals surface area contributed by atoms with Crippen LogP contribution >= 0.6 is 0 Å². The third kappa shape index (κ3) is 3.55. The number of nitrogens with one attached hydrogen (secondary N) is 1. The molecule has 0 radical (unpaired) electrons. The van der Waals surface area contributed by atoms with Gasteiger partial charge in [0, 0.05) is 29.9 Å². The standard InChI is InChI=1S/C15H18N2O2/c1-15(6-4-7-15)17-14(19)13-9-12(10-16-11-13)5-2-3-8-18/h9-11,18H,3-4,6-8H2,1H3,(H,17,19). The Labute approximate surface area is 113 Å². The molecule has 1 aromatic rings. The fraction of sp³-hybridized carbons (Fsp3) is 0.467. The Morgan fingerprint density at radius 3 is 2.95 bits per heavy atom. The van der Waals surface area contributed by atoms with Gasteiger partial charge in [0.15, 0.2) is 0 Å². The molecule has 0 aromatic carbocycles. The smallest absolute Gasteiger partial charge is 0.253 e. The van der Waals surface area contributed by atoms with E-state index < -0.39 is 0 Å². The van der Waals surface area contributed by atoms with Gasteiger partial charge in [-0.1, -0.05) is 11.8 Å². The number of carbonyl (C=O) groups is 1. The zero-order chi connectivity index (χ0) is 13.7. The lowest BCUT2D eigenvalue weighted by Crippen LogP contribution is -2.50. The van der Waals surface area contributed by atoms with Crippen LogP contribution in [0.25, 0.3) is 0 Å². The molecule has 1 aromatic heterocycles. The van der Waals surface area contributed by atoms with Gasteiger partial charge in [0.25, 0.3) is 5.91 Å². The molecule has 1 aliphatic rings. The number of nitrogens with zero attached hydrogens (tertiary/aromatic N) is 1. The summed E-state index contributed by atoms with van der Waals surface area (Å²) in [7, 11) is 0. The van der Waals surface area contributed by atoms with Crippen LogP contribution < -0.4 is 5.32 Å². The molecule has 0 spiro atoms. The van der Waals surface area contributed by atoms with E-state index in [1.54, 1.807) is 18.5 Å². The SMILES string of the molecule is CC1(NC(=O)c2cncc(C#CCCO)c2)CCC1. The Kier molecular flexibility index (Phi) is 4.18. The van der Waals surface area contributed by atoms with Crippen LogP contribution in [0.3, 0.4) is 0 Å². The molecular weight excluding hydrogens is 240 g/mol. The third-order valence-electron chi connectivity index (χ3n) is 3.34. The maximum absolute atomic E-state index is 12.1. The van der Waals surface area contributed by atoms with E-state index in [0.29, 0.717) is 17.5 Å². The molecule has 19 heavy (non-hydrogen) atoms. The second-order valence-electron chi connectivity index (χ2n) is 5.11. The number of amides is 1. The van der Waals surface area contributed by atoms with Gasteiger partial charge in [-0.2, -0.15) is 0 Å². The highest BCUT2D eigenvalue weighted by Gasteiger charge is 2.33. The number of hydrogen-bond acceptors (Lipinski definition) is 3. The molecule has 1 fully saturated rings. The molecule has 0 saturated heterocycles. The first kappa shape index (κ1) is 13.6. The average Bonchev–Trinajstić information content (AvgIpc) is 2.37. The predicted octanol–water partition coefficient (Wildman–Crippen LogP) is 1.49. The summed E-state index contributed by atoms with van der Waals surface area (Å²) in [5.74, 6) is 5.60. The van der Waals surface area contributed by atoms with Crippen LogP contribution in [0.4, 0.5) is 0 Å². The third-order valence-corrected chi connectivity index (χ3v) is 3.34. The van der Waals surface area contributed by atoms with E-state index in [0.717, 1.165) is 12.8 Å². The van der Waals surface area contributed by atoms with Gasteiger partial charge in [0.05, 0.1) is 12.2 Å². The molecule has 0 atom stereocenters. The minimum absolute atomic E-state index is 0.0406. The number of hydrogen-bond donors (Lipinski definition) is 2. The number of aromatic nitrogens is 1. The largest absolute Gasteiger partial charge is 0.395 e. The van der Waals surface area contributed by atoms with Crippen molar-refractivity contribution in [2.75, 3.05) is 6.61 Å². The molecule has 0 unspecified atom stereocenters. The van der Waals surface area contributed by atoms with Crippen LogP contribution in [0.1, 0.15) is 48.5 Å². The number of rotatable bonds is 3. The van der Waals surface area contributed by atoms with E-state index >= 15 is 0 Å². The highest BCUT2D eigenvalue weighted by Crippen LogP contribution is 2.31. The summed E-state index contributed by atoms with van der Waals surface area (Å²) >= 11 is 0. The summed E-state index contributed by atoms with van der Waals surface area (Å²) in [6.07, 6.45) is 6.82. The first-order valence-electron chi connectivity index (χ1n) is 6.50. The molecule has 4 heteroatoms. The summed E-state index contributed by atoms with van der Waals surface area (Å²) in [4.78, 5) is 16.1. The van der Waals surface area contributed by atoms with Gasteiger partial charge in [0.1, 0.15) is 0 Å². The summed E-state index contributed by atoms with van der Waals surface area (Å²) in [5, 5.41) is 11.7. The van der Waals surface area contributed by atoms with E-state index in [9.17, 15) is 4.79 Å². The second-order valence-corrected chi connectivity index (χ2v) is 5.11. The number of carbonyl (C=O) groups excluding carboxylic acids is 1. The molecule has 0 bridgehead atoms. The molecule has 1 heterocycles. The lowest BCUT2D eigenvalue weighted by molar-refractivity contribution is 0.0850. The molecular formula is C15H18N2O2. The Bertz CT molecular complexity index is 524. The number of aliphatic hydroxyl groups excluding tert-OH is 1. The quantitative estimate of drug-likeness (QED) is 0.807. The Morgan fingerprint density at radius 1 is 1.53 bits per heavy atom. The fourth-order valence-corrected chi connectivity index (χ4v) is 2.03. The van der Waals surface area contributed by atoms with Gasteiger partial charge in [0.2, 0.25) is 0 Å². The molecule has 2 N–H and O–H groups in total. The van der Waals surface area contributed by atoms with Crippen LogP contribution in [0.2, 0.25) is 0 Å². The Hall–Kier alpha value is -1.86. The topological polar surface area (TPSA) is 62.2 Å². The summed E-state index contributed by atoms with van der Waals surface area (Å²) in [6, 6.07) is 1.73. The summed E-state index contributed by atoms with van der Waals surface area (Å²) in [5.41, 5.74) is 1.17. The molecule has 1 aliphatic carbocycles. The Balaban J connectivity index is 2.06. The van der Waals surface area contributed by atoms with Crippen molar-refractivity contribution < 1.29 is 9.90 Å². The lowest BCUT2D eigenvalue weighted by atomic mass is 9.78. The zero-order valence-electron chi connectivity index (χ0n) is 11.1. The summed E-state index contributed by atoms with van der Waals surface area (Å²) < 4.78 is 0. The number of aliphatic hydroxyl groups is 1. The molecule has 100 valence electrons. The van der Waals surface area contributed by atoms with Gasteiger partial charge >= 0.3 is 0 Å². The van der Waals surface area contributed by atoms with E-state index in [1.807, 2.05) is 0 Å². The molecule has 0 aliphatic heterocycles. The lowest BCUT2D eigenvalue weighted by Gasteiger charge is -2.39. The predicted molar refractivity (Wildman–Crippen MR) is 72.5 cm³/mol. The van der Waals surface area contributed by atoms with Gasteiger partial charge in [-0.05, 0) is 32.3 Å². The average molecular weight is 258 g/mol. The van der Waals surface area contributed by atoms with Crippen LogP contribution in [0, 0.1) is 11.8 Å². The normalized spacial score (nSPS) is 15.9. The van der Waals surface area contributed by atoms with Gasteiger partial charge in [-0.15, -0.1) is 0 Å². The fourth-order valence-electron chi connectivity index (χ4n) is 2.03. The molecule has 1 saturated carbocycles. The van der Waals surface area contributed by atoms with Crippen molar-refractivity contribution in [3.05, 3.63) is 29.6 Å². The van der Waals surface area contributed by atoms with Crippen molar-refractivity contribution in [1.82, 2.24) is 10.3 Å². The minimum atomic E-state index is -0.0968. The second kappa shape index (κ2) is 5.85. The van der Waals surface area contributed by atoms with Crippen LogP contribution in [0.5, 0.6) is 0 Å². The van der Waals surface area contributed by atoms with Crippen molar-refractivity contribution >= 4 is 5.91 Å². The Morgan fingerprint density at radius 2 is 2.32 bits per heavy atom. The van der Waals surface area contributed by atoms with Crippen molar-refractivity contribution in [3.8, 4) is 11.8 Å².